The minimum Gasteiger partial charge on any atom is -0.369 e. The number of benzene rings is 1. The van der Waals surface area contributed by atoms with E-state index in [1.807, 2.05) is 12.1 Å². The third kappa shape index (κ3) is 4.05. The van der Waals surface area contributed by atoms with Gasteiger partial charge in [0.15, 0.2) is 5.15 Å². The molecule has 23 heavy (non-hydrogen) atoms. The molecule has 1 aliphatic rings. The molecule has 7 heteroatoms. The number of nitrogens with one attached hydrogen (secondary N) is 1. The fraction of sp³-hybridized carbons (Fsp3) is 0.375. The quantitative estimate of drug-likeness (QED) is 0.851. The molecule has 2 aromatic rings. The Kier molecular flexibility index (Phi) is 5.20. The molecule has 1 N–H and O–H groups in total. The number of halogens is 2. The minimum atomic E-state index is 0.246. The molecule has 1 aromatic heterocycles. The fourth-order valence-electron chi connectivity index (χ4n) is 2.64. The second-order valence-corrected chi connectivity index (χ2v) is 6.19. The van der Waals surface area contributed by atoms with Crippen molar-refractivity contribution in [1.82, 2.24) is 14.9 Å². The maximum absolute atomic E-state index is 5.92. The lowest BCUT2D eigenvalue weighted by Crippen LogP contribution is -2.46. The van der Waals surface area contributed by atoms with Gasteiger partial charge in [-0.15, -0.1) is 0 Å². The second-order valence-electron chi connectivity index (χ2n) is 5.43. The highest BCUT2D eigenvalue weighted by Crippen LogP contribution is 2.24. The van der Waals surface area contributed by atoms with Gasteiger partial charge in [0.2, 0.25) is 5.95 Å². The molecule has 2 heterocycles. The molecular weight excluding hydrogens is 333 g/mol. The summed E-state index contributed by atoms with van der Waals surface area (Å²) in [6.07, 6.45) is 1.49. The Hall–Kier alpha value is -1.56. The van der Waals surface area contributed by atoms with Crippen molar-refractivity contribution >= 4 is 40.5 Å². The first-order chi connectivity index (χ1) is 11.2. The van der Waals surface area contributed by atoms with Crippen molar-refractivity contribution in [3.8, 4) is 0 Å². The van der Waals surface area contributed by atoms with Crippen LogP contribution in [0.4, 0.5) is 17.3 Å². The molecule has 1 fully saturated rings. The van der Waals surface area contributed by atoms with Crippen molar-refractivity contribution in [2.24, 2.45) is 0 Å². The van der Waals surface area contributed by atoms with Crippen LogP contribution < -0.4 is 10.2 Å². The molecular formula is C16H19Cl2N5. The molecule has 3 rings (SSSR count). The zero-order chi connectivity index (χ0) is 16.2. The molecule has 0 bridgehead atoms. The molecule has 0 radical (unpaired) electrons. The summed E-state index contributed by atoms with van der Waals surface area (Å²) < 4.78 is 0. The number of hydrogen-bond acceptors (Lipinski definition) is 5. The van der Waals surface area contributed by atoms with Gasteiger partial charge in [0, 0.05) is 37.6 Å². The summed E-state index contributed by atoms with van der Waals surface area (Å²) >= 11 is 11.8. The molecule has 0 aliphatic carbocycles. The van der Waals surface area contributed by atoms with E-state index in [0.29, 0.717) is 11.0 Å². The Morgan fingerprint density at radius 2 is 1.96 bits per heavy atom. The first-order valence-corrected chi connectivity index (χ1v) is 8.43. The standard InChI is InChI=1S/C16H19Cl2N5/c1-2-22-6-8-23(9-7-22)13-5-3-4-12(10-13)20-16-19-11-14(17)15(18)21-16/h3-5,10-11H,2,6-9H2,1H3,(H,19,20,21). The van der Waals surface area contributed by atoms with Crippen LogP contribution in [0.1, 0.15) is 6.92 Å². The Morgan fingerprint density at radius 1 is 1.17 bits per heavy atom. The summed E-state index contributed by atoms with van der Waals surface area (Å²) in [6, 6.07) is 8.25. The van der Waals surface area contributed by atoms with E-state index in [2.05, 4.69) is 44.1 Å². The molecule has 1 aliphatic heterocycles. The highest BCUT2D eigenvalue weighted by molar-refractivity contribution is 6.41. The normalized spacial score (nSPS) is 15.7. The number of likely N-dealkylation sites (N-methyl/N-ethyl adjacent to an activating group) is 1. The molecule has 1 aromatic carbocycles. The average Bonchev–Trinajstić information content (AvgIpc) is 2.58. The van der Waals surface area contributed by atoms with Gasteiger partial charge in [0.05, 0.1) is 11.2 Å². The van der Waals surface area contributed by atoms with E-state index in [4.69, 9.17) is 23.2 Å². The van der Waals surface area contributed by atoms with E-state index < -0.39 is 0 Å². The molecule has 0 spiro atoms. The van der Waals surface area contributed by atoms with Gasteiger partial charge in [-0.1, -0.05) is 36.2 Å². The molecule has 0 atom stereocenters. The number of anilines is 3. The van der Waals surface area contributed by atoms with Crippen LogP contribution in [-0.4, -0.2) is 47.6 Å². The Bertz CT molecular complexity index is 671. The van der Waals surface area contributed by atoms with Crippen molar-refractivity contribution in [2.45, 2.75) is 6.92 Å². The van der Waals surface area contributed by atoms with Gasteiger partial charge in [-0.05, 0) is 24.7 Å². The third-order valence-corrected chi connectivity index (χ3v) is 4.65. The highest BCUT2D eigenvalue weighted by Gasteiger charge is 2.16. The predicted octanol–water partition coefficient (Wildman–Crippen LogP) is 3.67. The van der Waals surface area contributed by atoms with Gasteiger partial charge in [-0.25, -0.2) is 4.98 Å². The summed E-state index contributed by atoms with van der Waals surface area (Å²) in [5.74, 6) is 0.437. The van der Waals surface area contributed by atoms with Crippen LogP contribution >= 0.6 is 23.2 Å². The summed E-state index contributed by atoms with van der Waals surface area (Å²) in [6.45, 7) is 7.61. The van der Waals surface area contributed by atoms with Gasteiger partial charge in [0.1, 0.15) is 0 Å². The number of nitrogens with zero attached hydrogens (tertiary/aromatic N) is 4. The lowest BCUT2D eigenvalue weighted by atomic mass is 10.2. The molecule has 5 nitrogen and oxygen atoms in total. The van der Waals surface area contributed by atoms with Crippen molar-refractivity contribution in [3.63, 3.8) is 0 Å². The van der Waals surface area contributed by atoms with Crippen LogP contribution in [0.25, 0.3) is 0 Å². The van der Waals surface area contributed by atoms with Crippen LogP contribution in [0.2, 0.25) is 10.2 Å². The predicted molar refractivity (Wildman–Crippen MR) is 96.1 cm³/mol. The SMILES string of the molecule is CCN1CCN(c2cccc(Nc3ncc(Cl)c(Cl)n3)c2)CC1. The Balaban J connectivity index is 1.71. The average molecular weight is 352 g/mol. The highest BCUT2D eigenvalue weighted by atomic mass is 35.5. The first-order valence-electron chi connectivity index (χ1n) is 7.68. The van der Waals surface area contributed by atoms with E-state index in [0.717, 1.165) is 38.4 Å². The lowest BCUT2D eigenvalue weighted by Gasteiger charge is -2.35. The van der Waals surface area contributed by atoms with Gasteiger partial charge < -0.3 is 15.1 Å². The number of piperazine rings is 1. The smallest absolute Gasteiger partial charge is 0.228 e. The third-order valence-electron chi connectivity index (χ3n) is 3.99. The zero-order valence-corrected chi connectivity index (χ0v) is 14.5. The first kappa shape index (κ1) is 16.3. The lowest BCUT2D eigenvalue weighted by molar-refractivity contribution is 0.271. The summed E-state index contributed by atoms with van der Waals surface area (Å²) in [5, 5.41) is 3.76. The summed E-state index contributed by atoms with van der Waals surface area (Å²) in [7, 11) is 0. The van der Waals surface area contributed by atoms with Gasteiger partial charge in [0.25, 0.3) is 0 Å². The summed E-state index contributed by atoms with van der Waals surface area (Å²) in [4.78, 5) is 13.1. The number of aromatic nitrogens is 2. The van der Waals surface area contributed by atoms with E-state index in [-0.39, 0.29) is 5.15 Å². The van der Waals surface area contributed by atoms with E-state index in [1.54, 1.807) is 0 Å². The van der Waals surface area contributed by atoms with Crippen LogP contribution in [0.5, 0.6) is 0 Å². The number of hydrogen-bond donors (Lipinski definition) is 1. The molecule has 0 saturated carbocycles. The van der Waals surface area contributed by atoms with Crippen molar-refractivity contribution in [1.29, 1.82) is 0 Å². The van der Waals surface area contributed by atoms with Gasteiger partial charge in [-0.2, -0.15) is 4.98 Å². The summed E-state index contributed by atoms with van der Waals surface area (Å²) in [5.41, 5.74) is 2.13. The zero-order valence-electron chi connectivity index (χ0n) is 13.0. The topological polar surface area (TPSA) is 44.3 Å². The Morgan fingerprint density at radius 3 is 2.65 bits per heavy atom. The van der Waals surface area contributed by atoms with E-state index in [9.17, 15) is 0 Å². The number of rotatable bonds is 4. The largest absolute Gasteiger partial charge is 0.369 e. The van der Waals surface area contributed by atoms with E-state index in [1.165, 1.54) is 11.9 Å². The maximum atomic E-state index is 5.92. The molecule has 0 unspecified atom stereocenters. The van der Waals surface area contributed by atoms with Gasteiger partial charge >= 0.3 is 0 Å². The molecule has 122 valence electrons. The van der Waals surface area contributed by atoms with Crippen LogP contribution in [0.15, 0.2) is 30.5 Å². The van der Waals surface area contributed by atoms with E-state index >= 15 is 0 Å². The van der Waals surface area contributed by atoms with Crippen LogP contribution in [-0.2, 0) is 0 Å². The monoisotopic (exact) mass is 351 g/mol. The maximum Gasteiger partial charge on any atom is 0.228 e. The fourth-order valence-corrected chi connectivity index (χ4v) is 2.86. The van der Waals surface area contributed by atoms with Crippen LogP contribution in [0, 0.1) is 0 Å². The Labute approximate surface area is 146 Å². The van der Waals surface area contributed by atoms with Crippen molar-refractivity contribution < 1.29 is 0 Å². The van der Waals surface area contributed by atoms with Crippen LogP contribution in [0.3, 0.4) is 0 Å². The van der Waals surface area contributed by atoms with Gasteiger partial charge in [-0.3, -0.25) is 0 Å². The molecule has 0 amide bonds. The second kappa shape index (κ2) is 7.34. The van der Waals surface area contributed by atoms with Crippen molar-refractivity contribution in [3.05, 3.63) is 40.6 Å². The molecule has 1 saturated heterocycles. The van der Waals surface area contributed by atoms with Crippen molar-refractivity contribution in [2.75, 3.05) is 42.9 Å². The minimum absolute atomic E-state index is 0.246.